The van der Waals surface area contributed by atoms with Crippen molar-refractivity contribution in [1.29, 1.82) is 0 Å². The maximum Gasteiger partial charge on any atom is 0.238 e. The molecule has 1 saturated heterocycles. The number of nitrogens with one attached hydrogen (secondary N) is 1. The van der Waals surface area contributed by atoms with Gasteiger partial charge in [-0.05, 0) is 32.0 Å². The molecule has 1 fully saturated rings. The summed E-state index contributed by atoms with van der Waals surface area (Å²) in [5.74, 6) is -0.201. The van der Waals surface area contributed by atoms with Crippen molar-refractivity contribution in [1.82, 2.24) is 4.90 Å². The number of carbonyl (C=O) groups is 1. The van der Waals surface area contributed by atoms with E-state index in [0.29, 0.717) is 18.8 Å². The van der Waals surface area contributed by atoms with Gasteiger partial charge in [0, 0.05) is 18.8 Å². The number of hydrogen-bond acceptors (Lipinski definition) is 5. The van der Waals surface area contributed by atoms with Gasteiger partial charge >= 0.3 is 0 Å². The molecule has 0 aromatic heterocycles. The SMILES string of the molecule is C[C@@H]1CN(CC(=O)Nc2cccc(S(N)(=O)=O)c2)C[C@@H](C)O1. The van der Waals surface area contributed by atoms with Crippen LogP contribution in [0.25, 0.3) is 0 Å². The Kier molecular flexibility index (Phi) is 5.17. The molecule has 0 radical (unpaired) electrons. The number of nitrogens with zero attached hydrogens (tertiary/aromatic N) is 1. The van der Waals surface area contributed by atoms with Crippen molar-refractivity contribution in [3.8, 4) is 0 Å². The molecular weight excluding hydrogens is 306 g/mol. The molecular formula is C14H21N3O4S. The van der Waals surface area contributed by atoms with Crippen LogP contribution in [-0.2, 0) is 19.6 Å². The molecule has 0 bridgehead atoms. The first kappa shape index (κ1) is 16.9. The van der Waals surface area contributed by atoms with Crippen molar-refractivity contribution in [2.75, 3.05) is 25.0 Å². The standard InChI is InChI=1S/C14H21N3O4S/c1-10-7-17(8-11(2)21-10)9-14(18)16-12-4-3-5-13(6-12)22(15,19)20/h3-6,10-11H,7-9H2,1-2H3,(H,16,18)(H2,15,19,20)/t10-,11-/m1/s1. The zero-order valence-corrected chi connectivity index (χ0v) is 13.5. The summed E-state index contributed by atoms with van der Waals surface area (Å²) in [5.41, 5.74) is 0.408. The van der Waals surface area contributed by atoms with Crippen LogP contribution in [0, 0.1) is 0 Å². The van der Waals surface area contributed by atoms with E-state index in [1.807, 2.05) is 18.7 Å². The Bertz CT molecular complexity index is 637. The first-order valence-corrected chi connectivity index (χ1v) is 8.59. The van der Waals surface area contributed by atoms with Gasteiger partial charge in [0.2, 0.25) is 15.9 Å². The van der Waals surface area contributed by atoms with Gasteiger partial charge in [-0.15, -0.1) is 0 Å². The molecule has 1 aromatic rings. The highest BCUT2D eigenvalue weighted by atomic mass is 32.2. The Morgan fingerprint density at radius 1 is 1.36 bits per heavy atom. The molecule has 22 heavy (non-hydrogen) atoms. The number of benzene rings is 1. The van der Waals surface area contributed by atoms with Crippen LogP contribution < -0.4 is 10.5 Å². The van der Waals surface area contributed by atoms with E-state index in [4.69, 9.17) is 9.88 Å². The molecule has 1 amide bonds. The fourth-order valence-corrected chi connectivity index (χ4v) is 3.13. The first-order chi connectivity index (χ1) is 10.2. The van der Waals surface area contributed by atoms with Crippen molar-refractivity contribution < 1.29 is 17.9 Å². The maximum absolute atomic E-state index is 12.1. The third-order valence-corrected chi connectivity index (χ3v) is 4.22. The Hall–Kier alpha value is -1.48. The van der Waals surface area contributed by atoms with Gasteiger partial charge in [-0.25, -0.2) is 13.6 Å². The minimum absolute atomic E-state index is 0.0288. The zero-order valence-electron chi connectivity index (χ0n) is 12.7. The zero-order chi connectivity index (χ0) is 16.3. The van der Waals surface area contributed by atoms with Gasteiger partial charge in [0.15, 0.2) is 0 Å². The second-order valence-electron chi connectivity index (χ2n) is 5.57. The Balaban J connectivity index is 1.97. The highest BCUT2D eigenvalue weighted by Crippen LogP contribution is 2.15. The van der Waals surface area contributed by atoms with E-state index in [9.17, 15) is 13.2 Å². The molecule has 0 unspecified atom stereocenters. The van der Waals surface area contributed by atoms with E-state index < -0.39 is 10.0 Å². The molecule has 2 rings (SSSR count). The fraction of sp³-hybridized carbons (Fsp3) is 0.500. The summed E-state index contributed by atoms with van der Waals surface area (Å²) in [7, 11) is -3.78. The molecule has 0 saturated carbocycles. The van der Waals surface area contributed by atoms with E-state index in [-0.39, 0.29) is 29.6 Å². The van der Waals surface area contributed by atoms with Crippen LogP contribution in [0.15, 0.2) is 29.2 Å². The van der Waals surface area contributed by atoms with Gasteiger partial charge in [-0.2, -0.15) is 0 Å². The predicted molar refractivity (Wildman–Crippen MR) is 82.9 cm³/mol. The molecule has 1 aromatic carbocycles. The molecule has 8 heteroatoms. The molecule has 1 heterocycles. The summed E-state index contributed by atoms with van der Waals surface area (Å²) in [6, 6.07) is 5.89. The number of carbonyl (C=O) groups excluding carboxylic acids is 1. The topological polar surface area (TPSA) is 102 Å². The Labute approximate surface area is 130 Å². The molecule has 122 valence electrons. The fourth-order valence-electron chi connectivity index (χ4n) is 2.57. The number of morpholine rings is 1. The lowest BCUT2D eigenvalue weighted by Crippen LogP contribution is -2.48. The normalized spacial score (nSPS) is 23.2. The van der Waals surface area contributed by atoms with Gasteiger partial charge in [0.25, 0.3) is 0 Å². The number of rotatable bonds is 4. The second kappa shape index (κ2) is 6.74. The summed E-state index contributed by atoms with van der Waals surface area (Å²) in [6.07, 6.45) is 0.171. The van der Waals surface area contributed by atoms with Gasteiger partial charge in [0.05, 0.1) is 23.6 Å². The number of amides is 1. The third kappa shape index (κ3) is 4.77. The van der Waals surface area contributed by atoms with Crippen molar-refractivity contribution >= 4 is 21.6 Å². The van der Waals surface area contributed by atoms with Crippen molar-refractivity contribution in [2.24, 2.45) is 5.14 Å². The highest BCUT2D eigenvalue weighted by molar-refractivity contribution is 7.89. The van der Waals surface area contributed by atoms with Crippen molar-refractivity contribution in [3.63, 3.8) is 0 Å². The first-order valence-electron chi connectivity index (χ1n) is 7.04. The van der Waals surface area contributed by atoms with E-state index in [1.165, 1.54) is 18.2 Å². The van der Waals surface area contributed by atoms with E-state index in [0.717, 1.165) is 0 Å². The lowest BCUT2D eigenvalue weighted by molar-refractivity contribution is -0.121. The Morgan fingerprint density at radius 2 is 2.00 bits per heavy atom. The van der Waals surface area contributed by atoms with Crippen molar-refractivity contribution in [2.45, 2.75) is 31.0 Å². The number of primary sulfonamides is 1. The van der Waals surface area contributed by atoms with Crippen LogP contribution in [0.5, 0.6) is 0 Å². The number of hydrogen-bond donors (Lipinski definition) is 2. The van der Waals surface area contributed by atoms with Gasteiger partial charge in [-0.3, -0.25) is 9.69 Å². The van der Waals surface area contributed by atoms with Crippen LogP contribution in [0.1, 0.15) is 13.8 Å². The smallest absolute Gasteiger partial charge is 0.238 e. The molecule has 3 N–H and O–H groups in total. The minimum Gasteiger partial charge on any atom is -0.373 e. The van der Waals surface area contributed by atoms with Crippen LogP contribution in [0.3, 0.4) is 0 Å². The second-order valence-corrected chi connectivity index (χ2v) is 7.13. The summed E-state index contributed by atoms with van der Waals surface area (Å²) in [5, 5.41) is 7.76. The average Bonchev–Trinajstić information content (AvgIpc) is 2.36. The van der Waals surface area contributed by atoms with E-state index >= 15 is 0 Å². The molecule has 0 aliphatic carbocycles. The lowest BCUT2D eigenvalue weighted by Gasteiger charge is -2.34. The van der Waals surface area contributed by atoms with Crippen LogP contribution in [0.4, 0.5) is 5.69 Å². The molecule has 7 nitrogen and oxygen atoms in total. The average molecular weight is 327 g/mol. The number of anilines is 1. The van der Waals surface area contributed by atoms with Crippen LogP contribution in [-0.4, -0.2) is 51.1 Å². The van der Waals surface area contributed by atoms with E-state index in [2.05, 4.69) is 5.32 Å². The minimum atomic E-state index is -3.78. The van der Waals surface area contributed by atoms with Crippen LogP contribution >= 0.6 is 0 Å². The maximum atomic E-state index is 12.1. The lowest BCUT2D eigenvalue weighted by atomic mass is 10.2. The summed E-state index contributed by atoms with van der Waals surface area (Å²) in [4.78, 5) is 14.1. The van der Waals surface area contributed by atoms with E-state index in [1.54, 1.807) is 6.07 Å². The number of nitrogens with two attached hydrogens (primary N) is 1. The van der Waals surface area contributed by atoms with Crippen molar-refractivity contribution in [3.05, 3.63) is 24.3 Å². The van der Waals surface area contributed by atoms with Crippen LogP contribution in [0.2, 0.25) is 0 Å². The predicted octanol–water partition coefficient (Wildman–Crippen LogP) is 0.382. The summed E-state index contributed by atoms with van der Waals surface area (Å²) < 4.78 is 28.2. The molecule has 0 spiro atoms. The highest BCUT2D eigenvalue weighted by Gasteiger charge is 2.23. The van der Waals surface area contributed by atoms with Gasteiger partial charge in [-0.1, -0.05) is 6.07 Å². The number of sulfonamides is 1. The monoisotopic (exact) mass is 327 g/mol. The molecule has 2 atom stereocenters. The summed E-state index contributed by atoms with van der Waals surface area (Å²) in [6.45, 7) is 5.55. The Morgan fingerprint density at radius 3 is 2.59 bits per heavy atom. The largest absolute Gasteiger partial charge is 0.373 e. The summed E-state index contributed by atoms with van der Waals surface area (Å²) >= 11 is 0. The number of ether oxygens (including phenoxy) is 1. The third-order valence-electron chi connectivity index (χ3n) is 3.31. The molecule has 1 aliphatic heterocycles. The quantitative estimate of drug-likeness (QED) is 0.832. The molecule has 1 aliphatic rings. The van der Waals surface area contributed by atoms with Gasteiger partial charge < -0.3 is 10.1 Å². The van der Waals surface area contributed by atoms with Gasteiger partial charge in [0.1, 0.15) is 0 Å².